The highest BCUT2D eigenvalue weighted by Gasteiger charge is 2.42. The minimum absolute atomic E-state index is 0.0750. The number of aryl methyl sites for hydroxylation is 1. The monoisotopic (exact) mass is 315 g/mol. The molecule has 2 fully saturated rings. The van der Waals surface area contributed by atoms with Gasteiger partial charge in [-0.1, -0.05) is 19.1 Å². The van der Waals surface area contributed by atoms with E-state index in [1.165, 1.54) is 5.56 Å². The van der Waals surface area contributed by atoms with Crippen LogP contribution in [0.4, 0.5) is 0 Å². The summed E-state index contributed by atoms with van der Waals surface area (Å²) in [4.78, 5) is 40.1. The maximum Gasteiger partial charge on any atom is 0.253 e. The fourth-order valence-corrected chi connectivity index (χ4v) is 3.14. The minimum atomic E-state index is -0.577. The third-order valence-corrected chi connectivity index (χ3v) is 4.59. The Morgan fingerprint density at radius 2 is 1.91 bits per heavy atom. The SMILES string of the molecule is CCc1ccc(C(=O)N2CCN3C(=O)[C@H](C)NC(=O)[C@H]3C2)cc1. The van der Waals surface area contributed by atoms with Crippen LogP contribution < -0.4 is 5.32 Å². The van der Waals surface area contributed by atoms with Crippen LogP contribution in [0, 0.1) is 0 Å². The van der Waals surface area contributed by atoms with E-state index < -0.39 is 12.1 Å². The Kier molecular flexibility index (Phi) is 4.07. The summed E-state index contributed by atoms with van der Waals surface area (Å²) in [5.74, 6) is -0.351. The van der Waals surface area contributed by atoms with E-state index in [9.17, 15) is 14.4 Å². The number of amides is 3. The predicted octanol–water partition coefficient (Wildman–Crippen LogP) is 0.420. The van der Waals surface area contributed by atoms with Gasteiger partial charge in [0.1, 0.15) is 12.1 Å². The Bertz CT molecular complexity index is 641. The number of hydrogen-bond acceptors (Lipinski definition) is 3. The number of nitrogens with one attached hydrogen (secondary N) is 1. The van der Waals surface area contributed by atoms with Crippen molar-refractivity contribution in [3.8, 4) is 0 Å². The van der Waals surface area contributed by atoms with Crippen molar-refractivity contribution in [1.82, 2.24) is 15.1 Å². The van der Waals surface area contributed by atoms with Gasteiger partial charge in [0.25, 0.3) is 5.91 Å². The van der Waals surface area contributed by atoms with Crippen LogP contribution in [0.1, 0.15) is 29.8 Å². The van der Waals surface area contributed by atoms with Crippen LogP contribution in [0.2, 0.25) is 0 Å². The van der Waals surface area contributed by atoms with Gasteiger partial charge in [-0.15, -0.1) is 0 Å². The number of piperazine rings is 2. The van der Waals surface area contributed by atoms with Gasteiger partial charge in [0, 0.05) is 18.7 Å². The van der Waals surface area contributed by atoms with E-state index in [4.69, 9.17) is 0 Å². The van der Waals surface area contributed by atoms with E-state index in [1.54, 1.807) is 16.7 Å². The topological polar surface area (TPSA) is 69.7 Å². The smallest absolute Gasteiger partial charge is 0.253 e. The van der Waals surface area contributed by atoms with Crippen LogP contribution in [-0.4, -0.2) is 59.2 Å². The van der Waals surface area contributed by atoms with E-state index >= 15 is 0 Å². The van der Waals surface area contributed by atoms with Gasteiger partial charge in [-0.2, -0.15) is 0 Å². The average Bonchev–Trinajstić information content (AvgIpc) is 2.59. The standard InChI is InChI=1S/C17H21N3O3/c1-3-12-4-6-13(7-5-12)17(23)19-8-9-20-14(10-19)15(21)18-11(2)16(20)22/h4-7,11,14H,3,8-10H2,1-2H3,(H,18,21)/t11-,14+/m0/s1. The molecule has 6 heteroatoms. The first kappa shape index (κ1) is 15.5. The molecule has 2 saturated heterocycles. The molecule has 1 aromatic carbocycles. The zero-order chi connectivity index (χ0) is 16.6. The van der Waals surface area contributed by atoms with Gasteiger partial charge in [0.05, 0.1) is 6.54 Å². The third-order valence-electron chi connectivity index (χ3n) is 4.59. The normalized spacial score (nSPS) is 24.3. The van der Waals surface area contributed by atoms with Crippen LogP contribution in [0.15, 0.2) is 24.3 Å². The highest BCUT2D eigenvalue weighted by Crippen LogP contribution is 2.18. The molecular formula is C17H21N3O3. The number of nitrogens with zero attached hydrogens (tertiary/aromatic N) is 2. The summed E-state index contributed by atoms with van der Waals surface area (Å²) in [6.07, 6.45) is 0.926. The second-order valence-electron chi connectivity index (χ2n) is 6.08. The molecule has 3 rings (SSSR count). The maximum atomic E-state index is 12.6. The molecule has 0 bridgehead atoms. The molecule has 0 radical (unpaired) electrons. The maximum absolute atomic E-state index is 12.6. The number of carbonyl (C=O) groups is 3. The van der Waals surface area contributed by atoms with E-state index in [0.717, 1.165) is 6.42 Å². The van der Waals surface area contributed by atoms with Gasteiger partial charge in [-0.05, 0) is 31.0 Å². The van der Waals surface area contributed by atoms with Gasteiger partial charge in [-0.3, -0.25) is 14.4 Å². The van der Waals surface area contributed by atoms with Crippen LogP contribution in [0.25, 0.3) is 0 Å². The summed E-state index contributed by atoms with van der Waals surface area (Å²) < 4.78 is 0. The number of hydrogen-bond donors (Lipinski definition) is 1. The van der Waals surface area contributed by atoms with Crippen LogP contribution in [-0.2, 0) is 16.0 Å². The molecule has 0 spiro atoms. The molecule has 1 aromatic rings. The molecule has 2 aliphatic rings. The fraction of sp³-hybridized carbons (Fsp3) is 0.471. The predicted molar refractivity (Wildman–Crippen MR) is 84.8 cm³/mol. The lowest BCUT2D eigenvalue weighted by Gasteiger charge is -2.44. The summed E-state index contributed by atoms with van der Waals surface area (Å²) in [7, 11) is 0. The third kappa shape index (κ3) is 2.81. The Labute approximate surface area is 135 Å². The first-order valence-electron chi connectivity index (χ1n) is 8.00. The van der Waals surface area contributed by atoms with Gasteiger partial charge < -0.3 is 15.1 Å². The Hall–Kier alpha value is -2.37. The summed E-state index contributed by atoms with van der Waals surface area (Å²) in [5.41, 5.74) is 1.80. The lowest BCUT2D eigenvalue weighted by atomic mass is 10.0. The summed E-state index contributed by atoms with van der Waals surface area (Å²) in [5, 5.41) is 2.67. The Morgan fingerprint density at radius 1 is 1.22 bits per heavy atom. The molecular weight excluding hydrogens is 294 g/mol. The fourth-order valence-electron chi connectivity index (χ4n) is 3.14. The molecule has 0 aliphatic carbocycles. The van der Waals surface area contributed by atoms with Crippen molar-refractivity contribution in [2.45, 2.75) is 32.4 Å². The van der Waals surface area contributed by atoms with E-state index in [1.807, 2.05) is 24.3 Å². The second kappa shape index (κ2) is 6.02. The van der Waals surface area contributed by atoms with Gasteiger partial charge >= 0.3 is 0 Å². The zero-order valence-electron chi connectivity index (χ0n) is 13.4. The van der Waals surface area contributed by atoms with Crippen molar-refractivity contribution in [2.24, 2.45) is 0 Å². The molecule has 3 amide bonds. The average molecular weight is 315 g/mol. The molecule has 0 saturated carbocycles. The first-order chi connectivity index (χ1) is 11.0. The largest absolute Gasteiger partial charge is 0.343 e. The van der Waals surface area contributed by atoms with Crippen LogP contribution in [0.5, 0.6) is 0 Å². The molecule has 0 aromatic heterocycles. The van der Waals surface area contributed by atoms with Crippen molar-refractivity contribution in [2.75, 3.05) is 19.6 Å². The Morgan fingerprint density at radius 3 is 2.57 bits per heavy atom. The minimum Gasteiger partial charge on any atom is -0.343 e. The molecule has 2 heterocycles. The van der Waals surface area contributed by atoms with E-state index in [-0.39, 0.29) is 24.3 Å². The molecule has 0 unspecified atom stereocenters. The number of carbonyl (C=O) groups excluding carboxylic acids is 3. The van der Waals surface area contributed by atoms with E-state index in [2.05, 4.69) is 12.2 Å². The molecule has 1 N–H and O–H groups in total. The summed E-state index contributed by atoms with van der Waals surface area (Å²) >= 11 is 0. The molecule has 2 atom stereocenters. The number of rotatable bonds is 2. The Balaban J connectivity index is 1.74. The number of benzene rings is 1. The van der Waals surface area contributed by atoms with Crippen molar-refractivity contribution < 1.29 is 14.4 Å². The second-order valence-corrected chi connectivity index (χ2v) is 6.08. The molecule has 122 valence electrons. The highest BCUT2D eigenvalue weighted by molar-refractivity contribution is 5.99. The van der Waals surface area contributed by atoms with Crippen molar-refractivity contribution >= 4 is 17.7 Å². The van der Waals surface area contributed by atoms with E-state index in [0.29, 0.717) is 18.7 Å². The number of fused-ring (bicyclic) bond motifs is 1. The molecule has 2 aliphatic heterocycles. The molecule has 6 nitrogen and oxygen atoms in total. The van der Waals surface area contributed by atoms with Crippen LogP contribution in [0.3, 0.4) is 0 Å². The van der Waals surface area contributed by atoms with Gasteiger partial charge in [0.15, 0.2) is 0 Å². The van der Waals surface area contributed by atoms with Crippen molar-refractivity contribution in [3.05, 3.63) is 35.4 Å². The van der Waals surface area contributed by atoms with Crippen molar-refractivity contribution in [3.63, 3.8) is 0 Å². The first-order valence-corrected chi connectivity index (χ1v) is 8.00. The highest BCUT2D eigenvalue weighted by atomic mass is 16.2. The summed E-state index contributed by atoms with van der Waals surface area (Å²) in [6, 6.07) is 6.47. The van der Waals surface area contributed by atoms with Gasteiger partial charge in [0.2, 0.25) is 11.8 Å². The lowest BCUT2D eigenvalue weighted by molar-refractivity contribution is -0.151. The van der Waals surface area contributed by atoms with Crippen LogP contribution >= 0.6 is 0 Å². The zero-order valence-corrected chi connectivity index (χ0v) is 13.4. The lowest BCUT2D eigenvalue weighted by Crippen LogP contribution is -2.69. The molecule has 23 heavy (non-hydrogen) atoms. The van der Waals surface area contributed by atoms with Gasteiger partial charge in [-0.25, -0.2) is 0 Å². The quantitative estimate of drug-likeness (QED) is 0.860. The van der Waals surface area contributed by atoms with Crippen molar-refractivity contribution in [1.29, 1.82) is 0 Å². The summed E-state index contributed by atoms with van der Waals surface area (Å²) in [6.45, 7) is 4.86.